The van der Waals surface area contributed by atoms with Gasteiger partial charge in [0.1, 0.15) is 0 Å². The first-order valence-corrected chi connectivity index (χ1v) is 13.1. The highest BCUT2D eigenvalue weighted by Gasteiger charge is 2.58. The van der Waals surface area contributed by atoms with E-state index < -0.39 is 35.8 Å². The zero-order valence-corrected chi connectivity index (χ0v) is 21.8. The molecule has 41 heavy (non-hydrogen) atoms. The van der Waals surface area contributed by atoms with Gasteiger partial charge in [-0.2, -0.15) is 26.3 Å². The van der Waals surface area contributed by atoms with Crippen molar-refractivity contribution in [2.45, 2.75) is 56.2 Å². The Bertz CT molecular complexity index is 1390. The minimum Gasteiger partial charge on any atom is -0.475 e. The Hall–Kier alpha value is -3.55. The second-order valence-electron chi connectivity index (χ2n) is 11.3. The first-order chi connectivity index (χ1) is 19.1. The molecule has 8 nitrogen and oxygen atoms in total. The van der Waals surface area contributed by atoms with Crippen molar-refractivity contribution in [3.8, 4) is 0 Å². The second kappa shape index (κ2) is 10.1. The predicted octanol–water partition coefficient (Wildman–Crippen LogP) is 4.13. The van der Waals surface area contributed by atoms with Gasteiger partial charge in [0.05, 0.1) is 22.9 Å². The van der Waals surface area contributed by atoms with Gasteiger partial charge in [0.25, 0.3) is 11.5 Å². The standard InChI is InChI=1S/C25H27F3N4O2.C2HF3O2/c1-13(15-3-2-4-16(5-15)25(26,27)28)30-23(34)19-12-32(24-7-14(8-24)9-24)21(33)6-20(19)31-22-17-10-29-11-18(17)22;3-2(4,5)1(6)7/h2-6,12-14,17-18,22,29,31H,7-11H2,1H3,(H,30,34);(H,6,7)/t13-,14?,17-,18+,22?,24?;/m1./s1. The van der Waals surface area contributed by atoms with E-state index in [9.17, 15) is 35.9 Å². The van der Waals surface area contributed by atoms with Crippen molar-refractivity contribution in [1.82, 2.24) is 15.2 Å². The van der Waals surface area contributed by atoms with E-state index in [1.807, 2.05) is 0 Å². The lowest BCUT2D eigenvalue weighted by Gasteiger charge is -2.62. The first-order valence-electron chi connectivity index (χ1n) is 13.1. The molecule has 14 heteroatoms. The lowest BCUT2D eigenvalue weighted by atomic mass is 9.49. The van der Waals surface area contributed by atoms with Crippen LogP contribution < -0.4 is 21.5 Å². The molecule has 1 aromatic heterocycles. The van der Waals surface area contributed by atoms with Gasteiger partial charge in [-0.15, -0.1) is 0 Å². The number of halogens is 6. The van der Waals surface area contributed by atoms with Crippen molar-refractivity contribution >= 4 is 17.6 Å². The van der Waals surface area contributed by atoms with Crippen molar-refractivity contribution in [2.75, 3.05) is 18.4 Å². The predicted molar refractivity (Wildman–Crippen MR) is 134 cm³/mol. The molecule has 2 heterocycles. The fourth-order valence-corrected chi connectivity index (χ4v) is 6.09. The fraction of sp³-hybridized carbons (Fsp3) is 0.519. The zero-order valence-electron chi connectivity index (χ0n) is 21.8. The lowest BCUT2D eigenvalue weighted by molar-refractivity contribution is -0.192. The van der Waals surface area contributed by atoms with Crippen molar-refractivity contribution in [2.24, 2.45) is 17.8 Å². The molecule has 4 saturated carbocycles. The summed E-state index contributed by atoms with van der Waals surface area (Å²) in [5.74, 6) is -1.52. The van der Waals surface area contributed by atoms with Gasteiger partial charge in [0, 0.05) is 36.9 Å². The number of amides is 1. The van der Waals surface area contributed by atoms with Crippen LogP contribution in [0.2, 0.25) is 0 Å². The first kappa shape index (κ1) is 29.0. The quantitative estimate of drug-likeness (QED) is 0.379. The van der Waals surface area contributed by atoms with E-state index >= 15 is 0 Å². The maximum atomic E-state index is 13.4. The molecular weight excluding hydrogens is 558 g/mol. The zero-order chi connectivity index (χ0) is 29.9. The Kier molecular flexibility index (Phi) is 7.11. The van der Waals surface area contributed by atoms with E-state index in [0.717, 1.165) is 44.5 Å². The van der Waals surface area contributed by atoms with E-state index in [1.165, 1.54) is 12.1 Å². The summed E-state index contributed by atoms with van der Waals surface area (Å²) in [7, 11) is 0. The number of piperidine rings is 1. The molecule has 1 amide bonds. The van der Waals surface area contributed by atoms with Gasteiger partial charge in [-0.25, -0.2) is 4.79 Å². The van der Waals surface area contributed by atoms with E-state index in [1.54, 1.807) is 23.8 Å². The Labute approximate surface area is 230 Å². The molecule has 4 N–H and O–H groups in total. The molecule has 1 saturated heterocycles. The van der Waals surface area contributed by atoms with Crippen molar-refractivity contribution in [1.29, 1.82) is 0 Å². The minimum absolute atomic E-state index is 0.118. The van der Waals surface area contributed by atoms with Gasteiger partial charge >= 0.3 is 18.3 Å². The average Bonchev–Trinajstić information content (AvgIpc) is 3.23. The summed E-state index contributed by atoms with van der Waals surface area (Å²) >= 11 is 0. The number of nitrogens with zero attached hydrogens (tertiary/aromatic N) is 1. The Morgan fingerprint density at radius 2 is 1.68 bits per heavy atom. The number of carbonyl (C=O) groups excluding carboxylic acids is 1. The molecule has 1 unspecified atom stereocenters. The Morgan fingerprint density at radius 1 is 1.07 bits per heavy atom. The number of carboxylic acid groups (broad SMARTS) is 1. The van der Waals surface area contributed by atoms with Gasteiger partial charge in [0.2, 0.25) is 0 Å². The highest BCUT2D eigenvalue weighted by Crippen LogP contribution is 2.61. The summed E-state index contributed by atoms with van der Waals surface area (Å²) in [6.07, 6.45) is -5.00. The number of pyridine rings is 1. The molecular formula is C27H28F6N4O4. The topological polar surface area (TPSA) is 112 Å². The van der Waals surface area contributed by atoms with Crippen molar-refractivity contribution < 1.29 is 41.0 Å². The van der Waals surface area contributed by atoms with Crippen LogP contribution in [0, 0.1) is 17.8 Å². The van der Waals surface area contributed by atoms with E-state index in [2.05, 4.69) is 16.0 Å². The maximum Gasteiger partial charge on any atom is 0.490 e. The number of aromatic nitrogens is 1. The number of hydrogen-bond donors (Lipinski definition) is 4. The number of fused-ring (bicyclic) bond motifs is 1. The molecule has 4 atom stereocenters. The number of aliphatic carboxylic acids is 1. The lowest BCUT2D eigenvalue weighted by Crippen LogP contribution is -2.62. The molecule has 7 rings (SSSR count). The van der Waals surface area contributed by atoms with E-state index in [4.69, 9.17) is 9.90 Å². The van der Waals surface area contributed by atoms with Crippen LogP contribution in [0.4, 0.5) is 32.0 Å². The highest BCUT2D eigenvalue weighted by atomic mass is 19.4. The van der Waals surface area contributed by atoms with Gasteiger partial charge in [-0.3, -0.25) is 9.59 Å². The SMILES string of the molecule is C[C@@H](NC(=O)c1cn(C23CC(C2)C3)c(=O)cc1NC1[C@H]2CNC[C@@H]12)c1cccc(C(F)(F)F)c1.O=C(O)C(F)(F)F. The summed E-state index contributed by atoms with van der Waals surface area (Å²) in [6.45, 7) is 3.49. The fourth-order valence-electron chi connectivity index (χ4n) is 6.09. The van der Waals surface area contributed by atoms with Crippen molar-refractivity contribution in [3.05, 3.63) is 63.6 Å². The number of carboxylic acids is 1. The largest absolute Gasteiger partial charge is 0.490 e. The maximum absolute atomic E-state index is 13.4. The van der Waals surface area contributed by atoms with E-state index in [0.29, 0.717) is 34.6 Å². The summed E-state index contributed by atoms with van der Waals surface area (Å²) in [5.41, 5.74) is 0.184. The monoisotopic (exact) mass is 586 g/mol. The molecule has 2 aromatic rings. The number of carbonyl (C=O) groups is 2. The normalized spacial score (nSPS) is 28.2. The van der Waals surface area contributed by atoms with Crippen LogP contribution in [-0.4, -0.2) is 46.9 Å². The van der Waals surface area contributed by atoms with E-state index in [-0.39, 0.29) is 17.1 Å². The van der Waals surface area contributed by atoms with Crippen LogP contribution in [0.15, 0.2) is 41.3 Å². The van der Waals surface area contributed by atoms with Crippen LogP contribution >= 0.6 is 0 Å². The second-order valence-corrected chi connectivity index (χ2v) is 11.3. The molecule has 5 aliphatic rings. The molecule has 1 aliphatic heterocycles. The molecule has 222 valence electrons. The number of anilines is 1. The Morgan fingerprint density at radius 3 is 2.20 bits per heavy atom. The molecule has 0 radical (unpaired) electrons. The van der Waals surface area contributed by atoms with Crippen LogP contribution in [0.25, 0.3) is 0 Å². The van der Waals surface area contributed by atoms with Gasteiger partial charge in [-0.05, 0) is 61.6 Å². The number of hydrogen-bond acceptors (Lipinski definition) is 5. The summed E-state index contributed by atoms with van der Waals surface area (Å²) in [6, 6.07) is 6.09. The number of benzene rings is 1. The average molecular weight is 587 g/mol. The van der Waals surface area contributed by atoms with Crippen LogP contribution in [0.1, 0.15) is 53.7 Å². The smallest absolute Gasteiger partial charge is 0.475 e. The van der Waals surface area contributed by atoms with Gasteiger partial charge < -0.3 is 25.6 Å². The summed E-state index contributed by atoms with van der Waals surface area (Å²) in [4.78, 5) is 35.3. The molecule has 2 bridgehead atoms. The molecule has 1 aromatic carbocycles. The minimum atomic E-state index is -5.08. The third kappa shape index (κ3) is 5.66. The summed E-state index contributed by atoms with van der Waals surface area (Å²) in [5, 5.41) is 16.7. The third-order valence-corrected chi connectivity index (χ3v) is 8.53. The Balaban J connectivity index is 0.000000431. The number of nitrogens with one attached hydrogen (secondary N) is 3. The molecule has 0 spiro atoms. The highest BCUT2D eigenvalue weighted by molar-refractivity contribution is 5.99. The van der Waals surface area contributed by atoms with Gasteiger partial charge in [-0.1, -0.05) is 12.1 Å². The van der Waals surface area contributed by atoms with Crippen LogP contribution in [0.5, 0.6) is 0 Å². The number of rotatable bonds is 6. The number of alkyl halides is 6. The molecule has 5 fully saturated rings. The third-order valence-electron chi connectivity index (χ3n) is 8.53. The van der Waals surface area contributed by atoms with Crippen LogP contribution in [0.3, 0.4) is 0 Å². The molecule has 4 aliphatic carbocycles. The summed E-state index contributed by atoms with van der Waals surface area (Å²) < 4.78 is 72.9. The van der Waals surface area contributed by atoms with Crippen molar-refractivity contribution in [3.63, 3.8) is 0 Å². The van der Waals surface area contributed by atoms with Crippen LogP contribution in [-0.2, 0) is 16.5 Å². The van der Waals surface area contributed by atoms with Gasteiger partial charge in [0.15, 0.2) is 0 Å².